The predicted molar refractivity (Wildman–Crippen MR) is 83.2 cm³/mol. The topological polar surface area (TPSA) is 78.4 Å². The highest BCUT2D eigenvalue weighted by Crippen LogP contribution is 2.35. The summed E-state index contributed by atoms with van der Waals surface area (Å²) in [4.78, 5) is 22.4. The monoisotopic (exact) mass is 298 g/mol. The molecule has 1 aliphatic rings. The van der Waals surface area contributed by atoms with Crippen molar-refractivity contribution in [1.29, 1.82) is 0 Å². The Balaban J connectivity index is 2.20. The van der Waals surface area contributed by atoms with Crippen LogP contribution in [0.25, 0.3) is 0 Å². The summed E-state index contributed by atoms with van der Waals surface area (Å²) in [5, 5.41) is 14.6. The molecule has 0 aromatic heterocycles. The van der Waals surface area contributed by atoms with E-state index in [1.54, 1.807) is 0 Å². The van der Waals surface area contributed by atoms with E-state index in [4.69, 9.17) is 5.11 Å². The minimum atomic E-state index is -0.757. The van der Waals surface area contributed by atoms with Gasteiger partial charge in [-0.15, -0.1) is 0 Å². The molecular formula is C16H30N2O3. The molecule has 122 valence electrons. The number of carboxylic acids is 1. The van der Waals surface area contributed by atoms with Gasteiger partial charge in [0.05, 0.1) is 0 Å². The van der Waals surface area contributed by atoms with Crippen LogP contribution in [0.1, 0.15) is 65.7 Å². The molecule has 0 aromatic carbocycles. The van der Waals surface area contributed by atoms with Crippen LogP contribution in [0.3, 0.4) is 0 Å². The van der Waals surface area contributed by atoms with E-state index in [-0.39, 0.29) is 23.9 Å². The average molecular weight is 298 g/mol. The number of hydrogen-bond acceptors (Lipinski definition) is 2. The molecule has 3 N–H and O–H groups in total. The quantitative estimate of drug-likeness (QED) is 0.675. The van der Waals surface area contributed by atoms with Crippen LogP contribution in [0.4, 0.5) is 4.79 Å². The Hall–Kier alpha value is -1.26. The van der Waals surface area contributed by atoms with Crippen LogP contribution in [0, 0.1) is 11.3 Å². The van der Waals surface area contributed by atoms with Crippen LogP contribution < -0.4 is 10.6 Å². The van der Waals surface area contributed by atoms with E-state index < -0.39 is 5.97 Å². The molecular weight excluding hydrogens is 268 g/mol. The molecule has 0 aliphatic heterocycles. The van der Waals surface area contributed by atoms with E-state index in [2.05, 4.69) is 24.5 Å². The number of carbonyl (C=O) groups is 2. The first-order valence-corrected chi connectivity index (χ1v) is 8.07. The van der Waals surface area contributed by atoms with Crippen LogP contribution in [-0.4, -0.2) is 29.7 Å². The predicted octanol–water partition coefficient (Wildman–Crippen LogP) is 3.15. The van der Waals surface area contributed by atoms with Crippen molar-refractivity contribution in [2.24, 2.45) is 11.3 Å². The third kappa shape index (κ3) is 6.82. The van der Waals surface area contributed by atoms with Crippen molar-refractivity contribution in [2.75, 3.05) is 6.54 Å². The number of carbonyl (C=O) groups excluding carboxylic acids is 1. The van der Waals surface area contributed by atoms with E-state index in [1.165, 1.54) is 12.8 Å². The fourth-order valence-corrected chi connectivity index (χ4v) is 2.92. The Morgan fingerprint density at radius 1 is 1.29 bits per heavy atom. The molecule has 2 unspecified atom stereocenters. The minimum absolute atomic E-state index is 0.0968. The van der Waals surface area contributed by atoms with Gasteiger partial charge >= 0.3 is 12.0 Å². The molecule has 1 aliphatic carbocycles. The van der Waals surface area contributed by atoms with Gasteiger partial charge in [0.15, 0.2) is 0 Å². The molecule has 21 heavy (non-hydrogen) atoms. The van der Waals surface area contributed by atoms with Crippen LogP contribution in [0.15, 0.2) is 0 Å². The lowest BCUT2D eigenvalue weighted by atomic mass is 9.73. The standard InChI is InChI=1S/C16H30N2O3/c1-12(7-8-14(19)20)9-11-17-15(21)18-13-6-4-5-10-16(13,2)3/h12-13H,4-11H2,1-3H3,(H,19,20)(H2,17,18,21). The van der Waals surface area contributed by atoms with Gasteiger partial charge in [0.2, 0.25) is 0 Å². The fourth-order valence-electron chi connectivity index (χ4n) is 2.92. The number of nitrogens with one attached hydrogen (secondary N) is 2. The molecule has 2 atom stereocenters. The zero-order valence-corrected chi connectivity index (χ0v) is 13.6. The molecule has 5 heteroatoms. The first kappa shape index (κ1) is 17.8. The smallest absolute Gasteiger partial charge is 0.315 e. The summed E-state index contributed by atoms with van der Waals surface area (Å²) in [5.74, 6) is -0.445. The molecule has 5 nitrogen and oxygen atoms in total. The zero-order chi connectivity index (χ0) is 15.9. The highest BCUT2D eigenvalue weighted by Gasteiger charge is 2.33. The minimum Gasteiger partial charge on any atom is -0.481 e. The Kier molecular flexibility index (Phi) is 6.99. The molecule has 2 amide bonds. The maximum atomic E-state index is 11.9. The van der Waals surface area contributed by atoms with Gasteiger partial charge in [-0.2, -0.15) is 0 Å². The van der Waals surface area contributed by atoms with Gasteiger partial charge in [-0.05, 0) is 37.0 Å². The summed E-state index contributed by atoms with van der Waals surface area (Å²) in [6.45, 7) is 7.04. The van der Waals surface area contributed by atoms with Crippen LogP contribution in [-0.2, 0) is 4.79 Å². The van der Waals surface area contributed by atoms with Gasteiger partial charge in [-0.1, -0.05) is 33.6 Å². The van der Waals surface area contributed by atoms with E-state index in [9.17, 15) is 9.59 Å². The van der Waals surface area contributed by atoms with Gasteiger partial charge in [0, 0.05) is 19.0 Å². The van der Waals surface area contributed by atoms with Gasteiger partial charge in [0.25, 0.3) is 0 Å². The Bertz CT molecular complexity index is 355. The largest absolute Gasteiger partial charge is 0.481 e. The Labute approximate surface area is 127 Å². The summed E-state index contributed by atoms with van der Waals surface area (Å²) in [6, 6.07) is 0.149. The molecule has 0 bridgehead atoms. The number of carboxylic acid groups (broad SMARTS) is 1. The van der Waals surface area contributed by atoms with Crippen molar-refractivity contribution in [3.63, 3.8) is 0 Å². The zero-order valence-electron chi connectivity index (χ0n) is 13.6. The number of aliphatic carboxylic acids is 1. The van der Waals surface area contributed by atoms with Crippen molar-refractivity contribution in [1.82, 2.24) is 10.6 Å². The van der Waals surface area contributed by atoms with Gasteiger partial charge < -0.3 is 15.7 Å². The highest BCUT2D eigenvalue weighted by atomic mass is 16.4. The lowest BCUT2D eigenvalue weighted by Crippen LogP contribution is -2.50. The van der Waals surface area contributed by atoms with Crippen molar-refractivity contribution in [3.05, 3.63) is 0 Å². The summed E-state index contributed by atoms with van der Waals surface area (Å²) in [6.07, 6.45) is 6.31. The molecule has 0 spiro atoms. The van der Waals surface area contributed by atoms with Gasteiger partial charge in [0.1, 0.15) is 0 Å². The molecule has 0 heterocycles. The molecule has 0 saturated heterocycles. The first-order valence-electron chi connectivity index (χ1n) is 8.07. The lowest BCUT2D eigenvalue weighted by Gasteiger charge is -2.39. The van der Waals surface area contributed by atoms with Crippen molar-refractivity contribution < 1.29 is 14.7 Å². The summed E-state index contributed by atoms with van der Waals surface area (Å²) < 4.78 is 0. The van der Waals surface area contributed by atoms with Crippen LogP contribution >= 0.6 is 0 Å². The third-order valence-electron chi connectivity index (χ3n) is 4.59. The van der Waals surface area contributed by atoms with Crippen molar-refractivity contribution in [3.8, 4) is 0 Å². The maximum absolute atomic E-state index is 11.9. The second-order valence-electron chi connectivity index (χ2n) is 7.01. The Morgan fingerprint density at radius 2 is 2.00 bits per heavy atom. The third-order valence-corrected chi connectivity index (χ3v) is 4.59. The Morgan fingerprint density at radius 3 is 2.62 bits per heavy atom. The normalized spacial score (nSPS) is 22.3. The summed E-state index contributed by atoms with van der Waals surface area (Å²) in [7, 11) is 0. The number of amides is 2. The van der Waals surface area contributed by atoms with Crippen molar-refractivity contribution >= 4 is 12.0 Å². The van der Waals surface area contributed by atoms with Gasteiger partial charge in [-0.3, -0.25) is 4.79 Å². The van der Waals surface area contributed by atoms with E-state index in [0.29, 0.717) is 18.9 Å². The first-order chi connectivity index (χ1) is 9.81. The van der Waals surface area contributed by atoms with E-state index >= 15 is 0 Å². The summed E-state index contributed by atoms with van der Waals surface area (Å²) in [5.41, 5.74) is 0.171. The molecule has 1 rings (SSSR count). The molecule has 1 fully saturated rings. The molecule has 1 saturated carbocycles. The SMILES string of the molecule is CC(CCNC(=O)NC1CCCCC1(C)C)CCC(=O)O. The van der Waals surface area contributed by atoms with E-state index in [1.807, 2.05) is 6.92 Å². The fraction of sp³-hybridized carbons (Fsp3) is 0.875. The van der Waals surface area contributed by atoms with E-state index in [0.717, 1.165) is 19.3 Å². The second kappa shape index (κ2) is 8.25. The van der Waals surface area contributed by atoms with Crippen LogP contribution in [0.5, 0.6) is 0 Å². The number of urea groups is 1. The maximum Gasteiger partial charge on any atom is 0.315 e. The lowest BCUT2D eigenvalue weighted by molar-refractivity contribution is -0.137. The number of rotatable bonds is 7. The summed E-state index contributed by atoms with van der Waals surface area (Å²) >= 11 is 0. The van der Waals surface area contributed by atoms with Gasteiger partial charge in [-0.25, -0.2) is 4.79 Å². The second-order valence-corrected chi connectivity index (χ2v) is 7.01. The van der Waals surface area contributed by atoms with Crippen LogP contribution in [0.2, 0.25) is 0 Å². The molecule has 0 radical (unpaired) electrons. The van der Waals surface area contributed by atoms with Crippen molar-refractivity contribution in [2.45, 2.75) is 71.8 Å². The average Bonchev–Trinajstić information content (AvgIpc) is 2.39. The highest BCUT2D eigenvalue weighted by molar-refractivity contribution is 5.74. The molecule has 0 aromatic rings. The number of hydrogen-bond donors (Lipinski definition) is 3.